The van der Waals surface area contributed by atoms with Crippen molar-refractivity contribution in [3.8, 4) is 0 Å². The summed E-state index contributed by atoms with van der Waals surface area (Å²) in [5, 5.41) is 1.21. The molecule has 0 N–H and O–H groups in total. The maximum Gasteiger partial charge on any atom is 0.206 e. The Morgan fingerprint density at radius 3 is 2.61 bits per heavy atom. The van der Waals surface area contributed by atoms with Crippen LogP contribution in [-0.2, 0) is 13.1 Å². The van der Waals surface area contributed by atoms with E-state index in [-0.39, 0.29) is 5.78 Å². The number of hydrogen-bond donors (Lipinski definition) is 0. The van der Waals surface area contributed by atoms with E-state index in [1.807, 2.05) is 0 Å². The molecule has 0 unspecified atom stereocenters. The van der Waals surface area contributed by atoms with Gasteiger partial charge < -0.3 is 4.57 Å². The highest BCUT2D eigenvalue weighted by molar-refractivity contribution is 6.13. The van der Waals surface area contributed by atoms with E-state index in [2.05, 4.69) is 77.1 Å². The van der Waals surface area contributed by atoms with Gasteiger partial charge in [0.15, 0.2) is 0 Å². The van der Waals surface area contributed by atoms with Gasteiger partial charge in [-0.2, -0.15) is 0 Å². The number of aromatic nitrogens is 1. The molecule has 2 aliphatic heterocycles. The van der Waals surface area contributed by atoms with Crippen molar-refractivity contribution in [1.29, 1.82) is 0 Å². The number of aryl methyl sites for hydroxylation is 1. The maximum atomic E-state index is 13.0. The average Bonchev–Trinajstić information content (AvgIpc) is 3.23. The van der Waals surface area contributed by atoms with Crippen LogP contribution >= 0.6 is 0 Å². The minimum Gasteiger partial charge on any atom is -0.333 e. The molecule has 0 radical (unpaired) electrons. The third-order valence-corrected chi connectivity index (χ3v) is 6.33. The van der Waals surface area contributed by atoms with Crippen LogP contribution in [-0.4, -0.2) is 28.3 Å². The lowest BCUT2D eigenvalue weighted by Gasteiger charge is -2.30. The van der Waals surface area contributed by atoms with Gasteiger partial charge >= 0.3 is 0 Å². The van der Waals surface area contributed by atoms with Crippen LogP contribution in [0.25, 0.3) is 10.9 Å². The van der Waals surface area contributed by atoms with Crippen LogP contribution in [0.15, 0.2) is 66.2 Å². The van der Waals surface area contributed by atoms with Gasteiger partial charge in [0.05, 0.1) is 12.2 Å². The fourth-order valence-corrected chi connectivity index (χ4v) is 4.73. The van der Waals surface area contributed by atoms with Crippen LogP contribution in [0.2, 0.25) is 0 Å². The molecule has 3 nitrogen and oxygen atoms in total. The first-order valence-electron chi connectivity index (χ1n) is 10.3. The number of nitrogens with zero attached hydrogens (tertiary/aromatic N) is 2. The second-order valence-corrected chi connectivity index (χ2v) is 8.24. The lowest BCUT2D eigenvalue weighted by atomic mass is 9.93. The van der Waals surface area contributed by atoms with E-state index in [0.29, 0.717) is 5.92 Å². The van der Waals surface area contributed by atoms with Crippen LogP contribution in [0, 0.1) is 12.8 Å². The highest BCUT2D eigenvalue weighted by atomic mass is 16.1. The molecule has 2 aromatic carbocycles. The molecule has 3 heteroatoms. The van der Waals surface area contributed by atoms with E-state index >= 15 is 0 Å². The molecule has 1 saturated heterocycles. The zero-order chi connectivity index (χ0) is 19.1. The van der Waals surface area contributed by atoms with Crippen LogP contribution in [0.4, 0.5) is 0 Å². The fourth-order valence-electron chi connectivity index (χ4n) is 4.73. The number of ketones is 1. The van der Waals surface area contributed by atoms with Crippen LogP contribution in [0.1, 0.15) is 34.5 Å². The van der Waals surface area contributed by atoms with Gasteiger partial charge in [0.1, 0.15) is 0 Å². The molecule has 1 fully saturated rings. The van der Waals surface area contributed by atoms with Crippen molar-refractivity contribution in [3.63, 3.8) is 0 Å². The monoisotopic (exact) mass is 370 g/mol. The second kappa shape index (κ2) is 7.06. The molecule has 142 valence electrons. The number of fused-ring (bicyclic) bond motifs is 3. The van der Waals surface area contributed by atoms with Crippen molar-refractivity contribution in [2.75, 3.05) is 13.1 Å². The number of hydrogen-bond acceptors (Lipinski definition) is 2. The summed E-state index contributed by atoms with van der Waals surface area (Å²) < 4.78 is 2.20. The standard InChI is InChI=1S/C25H26N2O/c1-18-6-5-9-23-22(18)15-24-25(28)21(17-27(23)24)14-19-10-12-26(13-11-19)16-20-7-3-2-4-8-20/h2-9,14-15,19H,10-13,16-17H2,1H3/b21-14-. The Balaban J connectivity index is 1.27. The van der Waals surface area contributed by atoms with Gasteiger partial charge in [0.25, 0.3) is 0 Å². The average molecular weight is 370 g/mol. The maximum absolute atomic E-state index is 13.0. The summed E-state index contributed by atoms with van der Waals surface area (Å²) in [5.74, 6) is 0.742. The summed E-state index contributed by atoms with van der Waals surface area (Å²) >= 11 is 0. The molecule has 2 aliphatic rings. The number of carbonyl (C=O) groups excluding carboxylic acids is 1. The first-order chi connectivity index (χ1) is 13.7. The number of piperidine rings is 1. The van der Waals surface area contributed by atoms with E-state index in [1.165, 1.54) is 22.0 Å². The second-order valence-electron chi connectivity index (χ2n) is 8.24. The third kappa shape index (κ3) is 3.10. The number of rotatable bonds is 3. The lowest BCUT2D eigenvalue weighted by molar-refractivity contribution is 0.103. The molecular formula is C25H26N2O. The van der Waals surface area contributed by atoms with Crippen LogP contribution in [0.3, 0.4) is 0 Å². The molecule has 28 heavy (non-hydrogen) atoms. The summed E-state index contributed by atoms with van der Waals surface area (Å²) in [6.07, 6.45) is 4.55. The quantitative estimate of drug-likeness (QED) is 0.607. The van der Waals surface area contributed by atoms with E-state index in [4.69, 9.17) is 0 Å². The van der Waals surface area contributed by atoms with E-state index in [1.54, 1.807) is 0 Å². The number of carbonyl (C=O) groups is 1. The minimum atomic E-state index is 0.224. The lowest BCUT2D eigenvalue weighted by Crippen LogP contribution is -2.32. The van der Waals surface area contributed by atoms with Gasteiger partial charge in [-0.05, 0) is 62.0 Å². The Morgan fingerprint density at radius 2 is 1.82 bits per heavy atom. The molecule has 5 rings (SSSR count). The van der Waals surface area contributed by atoms with Crippen molar-refractivity contribution in [1.82, 2.24) is 9.47 Å². The predicted molar refractivity (Wildman–Crippen MR) is 114 cm³/mol. The topological polar surface area (TPSA) is 25.2 Å². The van der Waals surface area contributed by atoms with Gasteiger partial charge in [-0.3, -0.25) is 9.69 Å². The molecule has 3 aromatic rings. The summed E-state index contributed by atoms with van der Waals surface area (Å²) in [6.45, 7) is 6.08. The highest BCUT2D eigenvalue weighted by Gasteiger charge is 2.28. The molecule has 0 aliphatic carbocycles. The molecule has 3 heterocycles. The van der Waals surface area contributed by atoms with Gasteiger partial charge in [-0.15, -0.1) is 0 Å². The summed E-state index contributed by atoms with van der Waals surface area (Å²) in [5.41, 5.74) is 5.65. The molecule has 0 atom stereocenters. The summed E-state index contributed by atoms with van der Waals surface area (Å²) in [6, 6.07) is 19.1. The number of likely N-dealkylation sites (tertiary alicyclic amines) is 1. The largest absolute Gasteiger partial charge is 0.333 e. The van der Waals surface area contributed by atoms with E-state index < -0.39 is 0 Å². The van der Waals surface area contributed by atoms with Crippen molar-refractivity contribution in [2.45, 2.75) is 32.9 Å². The third-order valence-electron chi connectivity index (χ3n) is 6.33. The first kappa shape index (κ1) is 17.4. The summed E-state index contributed by atoms with van der Waals surface area (Å²) in [4.78, 5) is 15.5. The number of benzene rings is 2. The van der Waals surface area contributed by atoms with Crippen molar-refractivity contribution in [3.05, 3.63) is 83.1 Å². The molecule has 0 bridgehead atoms. The van der Waals surface area contributed by atoms with E-state index in [0.717, 1.165) is 50.3 Å². The molecular weight excluding hydrogens is 344 g/mol. The van der Waals surface area contributed by atoms with Crippen LogP contribution < -0.4 is 0 Å². The molecule has 0 spiro atoms. The Hall–Kier alpha value is -2.65. The minimum absolute atomic E-state index is 0.224. The Kier molecular flexibility index (Phi) is 4.40. The van der Waals surface area contributed by atoms with E-state index in [9.17, 15) is 4.79 Å². The summed E-state index contributed by atoms with van der Waals surface area (Å²) in [7, 11) is 0. The smallest absolute Gasteiger partial charge is 0.206 e. The zero-order valence-corrected chi connectivity index (χ0v) is 16.4. The Bertz CT molecular complexity index is 1050. The van der Waals surface area contributed by atoms with Gasteiger partial charge in [0.2, 0.25) is 5.78 Å². The Morgan fingerprint density at radius 1 is 1.04 bits per heavy atom. The van der Waals surface area contributed by atoms with Gasteiger partial charge in [-0.1, -0.05) is 48.5 Å². The first-order valence-corrected chi connectivity index (χ1v) is 10.3. The number of allylic oxidation sites excluding steroid dienone is 2. The van der Waals surface area contributed by atoms with Crippen molar-refractivity contribution in [2.24, 2.45) is 5.92 Å². The zero-order valence-electron chi connectivity index (χ0n) is 16.4. The molecule has 0 amide bonds. The SMILES string of the molecule is Cc1cccc2c1cc1n2C/C(=C/C2CCN(Cc3ccccc3)CC2)C1=O. The molecule has 0 saturated carbocycles. The van der Waals surface area contributed by atoms with Crippen molar-refractivity contribution >= 4 is 16.7 Å². The predicted octanol–water partition coefficient (Wildman–Crippen LogP) is 4.98. The van der Waals surface area contributed by atoms with Crippen molar-refractivity contribution < 1.29 is 4.79 Å². The van der Waals surface area contributed by atoms with Gasteiger partial charge in [-0.25, -0.2) is 0 Å². The number of Topliss-reactive ketones (excluding diaryl/α,β-unsaturated/α-hetero) is 1. The van der Waals surface area contributed by atoms with Crippen LogP contribution in [0.5, 0.6) is 0 Å². The highest BCUT2D eigenvalue weighted by Crippen LogP contribution is 2.32. The Labute approximate surface area is 166 Å². The molecule has 1 aromatic heterocycles. The van der Waals surface area contributed by atoms with Gasteiger partial charge in [0, 0.05) is 23.0 Å². The normalized spacial score (nSPS) is 19.6. The fraction of sp³-hybridized carbons (Fsp3) is 0.320.